The third kappa shape index (κ3) is 3.02. The van der Waals surface area contributed by atoms with Crippen molar-refractivity contribution in [2.24, 2.45) is 11.8 Å². The maximum Gasteiger partial charge on any atom is 0.310 e. The number of amides is 1. The Morgan fingerprint density at radius 2 is 2.10 bits per heavy atom. The van der Waals surface area contributed by atoms with Crippen LogP contribution in [0.2, 0.25) is 0 Å². The van der Waals surface area contributed by atoms with Crippen LogP contribution in [0.15, 0.2) is 16.6 Å². The molecule has 1 aromatic rings. The molecular formula is C14H16BrFN2O3. The van der Waals surface area contributed by atoms with E-state index in [0.717, 1.165) is 0 Å². The van der Waals surface area contributed by atoms with E-state index in [4.69, 9.17) is 10.5 Å². The average molecular weight is 359 g/mol. The Morgan fingerprint density at radius 1 is 1.43 bits per heavy atom. The number of hydrogen-bond acceptors (Lipinski definition) is 4. The molecule has 1 aromatic carbocycles. The molecule has 2 N–H and O–H groups in total. The summed E-state index contributed by atoms with van der Waals surface area (Å²) in [7, 11) is 1.33. The summed E-state index contributed by atoms with van der Waals surface area (Å²) < 4.78 is 18.4. The van der Waals surface area contributed by atoms with Crippen molar-refractivity contribution in [1.82, 2.24) is 4.90 Å². The highest BCUT2D eigenvalue weighted by Gasteiger charge is 2.38. The summed E-state index contributed by atoms with van der Waals surface area (Å²) in [5.41, 5.74) is 5.71. The summed E-state index contributed by atoms with van der Waals surface area (Å²) in [5, 5.41) is 0. The summed E-state index contributed by atoms with van der Waals surface area (Å²) in [5.74, 6) is -1.52. The molecule has 0 radical (unpaired) electrons. The van der Waals surface area contributed by atoms with Crippen LogP contribution in [-0.4, -0.2) is 37.0 Å². The zero-order chi connectivity index (χ0) is 15.7. The van der Waals surface area contributed by atoms with Gasteiger partial charge in [0.05, 0.1) is 24.3 Å². The Hall–Kier alpha value is -1.63. The number of anilines is 1. The fourth-order valence-corrected chi connectivity index (χ4v) is 2.98. The number of carbonyl (C=O) groups is 2. The molecule has 5 nitrogen and oxygen atoms in total. The lowest BCUT2D eigenvalue weighted by atomic mass is 9.99. The van der Waals surface area contributed by atoms with E-state index in [1.807, 2.05) is 6.92 Å². The monoisotopic (exact) mass is 358 g/mol. The summed E-state index contributed by atoms with van der Waals surface area (Å²) in [6, 6.07) is 2.47. The zero-order valence-electron chi connectivity index (χ0n) is 11.7. The highest BCUT2D eigenvalue weighted by molar-refractivity contribution is 9.10. The molecule has 0 spiro atoms. The number of ether oxygens (including phenoxy) is 1. The van der Waals surface area contributed by atoms with Crippen LogP contribution in [0.25, 0.3) is 0 Å². The average Bonchev–Trinajstić information content (AvgIpc) is 2.83. The first-order chi connectivity index (χ1) is 9.85. The normalized spacial score (nSPS) is 21.4. The van der Waals surface area contributed by atoms with Crippen molar-refractivity contribution >= 4 is 33.5 Å². The minimum Gasteiger partial charge on any atom is -0.469 e. The van der Waals surface area contributed by atoms with Crippen molar-refractivity contribution in [3.63, 3.8) is 0 Å². The first-order valence-corrected chi connectivity index (χ1v) is 7.26. The predicted octanol–water partition coefficient (Wildman–Crippen LogP) is 2.05. The van der Waals surface area contributed by atoms with Gasteiger partial charge in [-0.2, -0.15) is 0 Å². The van der Waals surface area contributed by atoms with Gasteiger partial charge in [0.1, 0.15) is 5.82 Å². The highest BCUT2D eigenvalue weighted by Crippen LogP contribution is 2.29. The van der Waals surface area contributed by atoms with Gasteiger partial charge in [-0.25, -0.2) is 4.39 Å². The van der Waals surface area contributed by atoms with Gasteiger partial charge < -0.3 is 15.4 Å². The minimum absolute atomic E-state index is 0.0120. The van der Waals surface area contributed by atoms with Crippen LogP contribution in [0.3, 0.4) is 0 Å². The van der Waals surface area contributed by atoms with Crippen LogP contribution in [0, 0.1) is 17.7 Å². The number of rotatable bonds is 2. The summed E-state index contributed by atoms with van der Waals surface area (Å²) in [6.45, 7) is 2.63. The van der Waals surface area contributed by atoms with Gasteiger partial charge in [0.25, 0.3) is 5.91 Å². The molecule has 2 unspecified atom stereocenters. The number of likely N-dealkylation sites (tertiary alicyclic amines) is 1. The quantitative estimate of drug-likeness (QED) is 0.648. The van der Waals surface area contributed by atoms with Gasteiger partial charge in [0, 0.05) is 17.6 Å². The van der Waals surface area contributed by atoms with E-state index in [2.05, 4.69) is 15.9 Å². The van der Waals surface area contributed by atoms with Crippen molar-refractivity contribution in [2.75, 3.05) is 25.9 Å². The van der Waals surface area contributed by atoms with Gasteiger partial charge in [-0.1, -0.05) is 6.92 Å². The molecule has 21 heavy (non-hydrogen) atoms. The molecule has 1 aliphatic rings. The van der Waals surface area contributed by atoms with E-state index in [9.17, 15) is 14.0 Å². The van der Waals surface area contributed by atoms with Gasteiger partial charge in [0.15, 0.2) is 0 Å². The number of benzene rings is 1. The first-order valence-electron chi connectivity index (χ1n) is 6.46. The molecule has 2 rings (SSSR count). The molecule has 2 atom stereocenters. The second kappa shape index (κ2) is 6.01. The van der Waals surface area contributed by atoms with Crippen LogP contribution >= 0.6 is 15.9 Å². The molecule has 7 heteroatoms. The molecule has 114 valence electrons. The Balaban J connectivity index is 2.22. The maximum atomic E-state index is 13.3. The molecule has 1 aliphatic heterocycles. The van der Waals surface area contributed by atoms with Crippen LogP contribution in [0.4, 0.5) is 10.1 Å². The molecule has 0 aromatic heterocycles. The van der Waals surface area contributed by atoms with Crippen LogP contribution in [-0.2, 0) is 9.53 Å². The number of esters is 1. The minimum atomic E-state index is -0.583. The number of methoxy groups -OCH3 is 1. The predicted molar refractivity (Wildman–Crippen MR) is 79.1 cm³/mol. The SMILES string of the molecule is COC(=O)C1CN(C(=O)c2cc(N)c(F)cc2Br)CC1C. The number of nitrogens with two attached hydrogens (primary N) is 1. The third-order valence-electron chi connectivity index (χ3n) is 3.72. The fourth-order valence-electron chi connectivity index (χ4n) is 2.49. The van der Waals surface area contributed by atoms with Gasteiger partial charge in [-0.15, -0.1) is 0 Å². The molecule has 1 amide bonds. The number of hydrogen-bond donors (Lipinski definition) is 1. The van der Waals surface area contributed by atoms with Gasteiger partial charge >= 0.3 is 5.97 Å². The molecule has 1 heterocycles. The lowest BCUT2D eigenvalue weighted by Crippen LogP contribution is -2.30. The third-order valence-corrected chi connectivity index (χ3v) is 4.38. The smallest absolute Gasteiger partial charge is 0.310 e. The van der Waals surface area contributed by atoms with Crippen molar-refractivity contribution < 1.29 is 18.7 Å². The second-order valence-corrected chi connectivity index (χ2v) is 6.02. The molecular weight excluding hydrogens is 343 g/mol. The first kappa shape index (κ1) is 15.8. The standard InChI is InChI=1S/C14H16BrFN2O3/c1-7-5-18(6-9(7)14(20)21-2)13(19)8-3-12(17)11(16)4-10(8)15/h3-4,7,9H,5-6,17H2,1-2H3. The fraction of sp³-hybridized carbons (Fsp3) is 0.429. The number of halogens is 2. The van der Waals surface area contributed by atoms with E-state index < -0.39 is 5.82 Å². The number of nitrogens with zero attached hydrogens (tertiary/aromatic N) is 1. The molecule has 0 aliphatic carbocycles. The highest BCUT2D eigenvalue weighted by atomic mass is 79.9. The van der Waals surface area contributed by atoms with Crippen LogP contribution in [0.5, 0.6) is 0 Å². The van der Waals surface area contributed by atoms with E-state index in [0.29, 0.717) is 11.0 Å². The lowest BCUT2D eigenvalue weighted by Gasteiger charge is -2.17. The Morgan fingerprint density at radius 3 is 2.71 bits per heavy atom. The second-order valence-electron chi connectivity index (χ2n) is 5.17. The Kier molecular flexibility index (Phi) is 4.51. The summed E-state index contributed by atoms with van der Waals surface area (Å²) in [4.78, 5) is 25.7. The maximum absolute atomic E-state index is 13.3. The molecule has 0 bridgehead atoms. The van der Waals surface area contributed by atoms with E-state index in [1.165, 1.54) is 19.2 Å². The van der Waals surface area contributed by atoms with Crippen molar-refractivity contribution in [2.45, 2.75) is 6.92 Å². The van der Waals surface area contributed by atoms with Gasteiger partial charge in [-0.05, 0) is 34.0 Å². The number of carbonyl (C=O) groups excluding carboxylic acids is 2. The van der Waals surface area contributed by atoms with Crippen LogP contribution < -0.4 is 5.73 Å². The largest absolute Gasteiger partial charge is 0.469 e. The Labute approximate surface area is 130 Å². The summed E-state index contributed by atoms with van der Waals surface area (Å²) in [6.07, 6.45) is 0. The van der Waals surface area contributed by atoms with Crippen molar-refractivity contribution in [3.05, 3.63) is 28.0 Å². The molecule has 0 saturated carbocycles. The topological polar surface area (TPSA) is 72.6 Å². The van der Waals surface area contributed by atoms with E-state index in [1.54, 1.807) is 4.90 Å². The van der Waals surface area contributed by atoms with E-state index >= 15 is 0 Å². The van der Waals surface area contributed by atoms with Crippen molar-refractivity contribution in [3.8, 4) is 0 Å². The summed E-state index contributed by atoms with van der Waals surface area (Å²) >= 11 is 3.17. The van der Waals surface area contributed by atoms with Gasteiger partial charge in [-0.3, -0.25) is 9.59 Å². The van der Waals surface area contributed by atoms with Crippen LogP contribution in [0.1, 0.15) is 17.3 Å². The zero-order valence-corrected chi connectivity index (χ0v) is 13.3. The Bertz CT molecular complexity index is 594. The van der Waals surface area contributed by atoms with E-state index in [-0.39, 0.29) is 41.5 Å². The lowest BCUT2D eigenvalue weighted by molar-refractivity contribution is -0.146. The van der Waals surface area contributed by atoms with Crippen molar-refractivity contribution in [1.29, 1.82) is 0 Å². The van der Waals surface area contributed by atoms with Gasteiger partial charge in [0.2, 0.25) is 0 Å². The number of nitrogen functional groups attached to an aromatic ring is 1. The molecule has 1 fully saturated rings. The molecule has 1 saturated heterocycles.